The van der Waals surface area contributed by atoms with Crippen LogP contribution in [-0.2, 0) is 18.7 Å². The van der Waals surface area contributed by atoms with Gasteiger partial charge < -0.3 is 4.42 Å². The fraction of sp³-hybridized carbons (Fsp3) is 0.238. The highest BCUT2D eigenvalue weighted by Gasteiger charge is 2.14. The number of para-hydroxylation sites is 1. The highest BCUT2D eigenvalue weighted by Crippen LogP contribution is 2.22. The van der Waals surface area contributed by atoms with Crippen LogP contribution < -0.4 is 5.56 Å². The first kappa shape index (κ1) is 18.4. The highest BCUT2D eigenvalue weighted by atomic mass is 32.2. The minimum atomic E-state index is -0.0477. The summed E-state index contributed by atoms with van der Waals surface area (Å²) in [6.45, 7) is 4.47. The van der Waals surface area contributed by atoms with Crippen LogP contribution in [0.15, 0.2) is 62.9 Å². The molecule has 142 valence electrons. The van der Waals surface area contributed by atoms with Gasteiger partial charge in [0, 0.05) is 6.42 Å². The number of rotatable bonds is 6. The molecule has 7 heteroatoms. The molecule has 2 heterocycles. The number of fused-ring (bicyclic) bond motifs is 1. The summed E-state index contributed by atoms with van der Waals surface area (Å²) in [6, 6.07) is 15.6. The molecule has 0 spiro atoms. The van der Waals surface area contributed by atoms with Crippen LogP contribution in [0.1, 0.15) is 29.8 Å². The van der Waals surface area contributed by atoms with Gasteiger partial charge in [-0.1, -0.05) is 60.6 Å². The Kier molecular flexibility index (Phi) is 5.25. The maximum absolute atomic E-state index is 13.1. The second-order valence-electron chi connectivity index (χ2n) is 6.52. The van der Waals surface area contributed by atoms with E-state index in [0.29, 0.717) is 46.6 Å². The van der Waals surface area contributed by atoms with Crippen LogP contribution in [0.2, 0.25) is 0 Å². The summed E-state index contributed by atoms with van der Waals surface area (Å²) in [5.41, 5.74) is 2.88. The third-order valence-electron chi connectivity index (χ3n) is 4.42. The summed E-state index contributed by atoms with van der Waals surface area (Å²) in [5.74, 6) is 1.61. The van der Waals surface area contributed by atoms with E-state index in [-0.39, 0.29) is 5.56 Å². The molecule has 0 saturated carbocycles. The van der Waals surface area contributed by atoms with Crippen LogP contribution in [0.25, 0.3) is 10.9 Å². The Labute approximate surface area is 166 Å². The molecule has 2 aromatic heterocycles. The lowest BCUT2D eigenvalue weighted by Gasteiger charge is -2.13. The van der Waals surface area contributed by atoms with Crippen molar-refractivity contribution in [3.8, 4) is 0 Å². The van der Waals surface area contributed by atoms with E-state index in [9.17, 15) is 4.79 Å². The first-order chi connectivity index (χ1) is 13.6. The zero-order chi connectivity index (χ0) is 19.5. The number of hydrogen-bond donors (Lipinski definition) is 0. The number of benzene rings is 2. The zero-order valence-electron chi connectivity index (χ0n) is 15.8. The van der Waals surface area contributed by atoms with E-state index >= 15 is 0 Å². The van der Waals surface area contributed by atoms with Crippen LogP contribution in [0, 0.1) is 6.92 Å². The summed E-state index contributed by atoms with van der Waals surface area (Å²) in [7, 11) is 0. The quantitative estimate of drug-likeness (QED) is 0.365. The molecular weight excluding hydrogens is 372 g/mol. The van der Waals surface area contributed by atoms with Gasteiger partial charge in [0.15, 0.2) is 5.16 Å². The lowest BCUT2D eigenvalue weighted by molar-refractivity contribution is 0.469. The van der Waals surface area contributed by atoms with Crippen LogP contribution in [0.4, 0.5) is 0 Å². The Hall–Kier alpha value is -2.93. The van der Waals surface area contributed by atoms with Gasteiger partial charge in [-0.25, -0.2) is 4.98 Å². The fourth-order valence-corrected chi connectivity index (χ4v) is 3.72. The van der Waals surface area contributed by atoms with Crippen molar-refractivity contribution in [3.63, 3.8) is 0 Å². The number of nitrogens with zero attached hydrogens (tertiary/aromatic N) is 4. The Morgan fingerprint density at radius 1 is 1.04 bits per heavy atom. The molecule has 4 rings (SSSR count). The van der Waals surface area contributed by atoms with Gasteiger partial charge in [-0.2, -0.15) is 0 Å². The smallest absolute Gasteiger partial charge is 0.262 e. The third kappa shape index (κ3) is 3.84. The molecule has 0 bridgehead atoms. The van der Waals surface area contributed by atoms with Gasteiger partial charge in [0.05, 0.1) is 23.2 Å². The lowest BCUT2D eigenvalue weighted by atomic mass is 10.1. The molecule has 0 unspecified atom stereocenters. The molecule has 0 aliphatic carbocycles. The number of hydrogen-bond acceptors (Lipinski definition) is 6. The molecule has 0 saturated heterocycles. The zero-order valence-corrected chi connectivity index (χ0v) is 16.6. The van der Waals surface area contributed by atoms with E-state index in [1.54, 1.807) is 4.57 Å². The van der Waals surface area contributed by atoms with E-state index in [1.165, 1.54) is 17.3 Å². The van der Waals surface area contributed by atoms with E-state index in [0.717, 1.165) is 5.56 Å². The summed E-state index contributed by atoms with van der Waals surface area (Å²) in [4.78, 5) is 17.9. The van der Waals surface area contributed by atoms with Gasteiger partial charge in [0.1, 0.15) is 0 Å². The van der Waals surface area contributed by atoms with Crippen molar-refractivity contribution < 1.29 is 4.42 Å². The largest absolute Gasteiger partial charge is 0.424 e. The average molecular weight is 392 g/mol. The highest BCUT2D eigenvalue weighted by molar-refractivity contribution is 7.98. The molecule has 2 aromatic carbocycles. The van der Waals surface area contributed by atoms with Crippen LogP contribution in [0.3, 0.4) is 0 Å². The van der Waals surface area contributed by atoms with Crippen molar-refractivity contribution in [1.29, 1.82) is 0 Å². The van der Waals surface area contributed by atoms with E-state index in [2.05, 4.69) is 10.2 Å². The van der Waals surface area contributed by atoms with Gasteiger partial charge in [0.25, 0.3) is 5.56 Å². The molecule has 0 atom stereocenters. The van der Waals surface area contributed by atoms with Crippen molar-refractivity contribution in [1.82, 2.24) is 19.7 Å². The van der Waals surface area contributed by atoms with Crippen molar-refractivity contribution in [2.45, 2.75) is 37.7 Å². The molecule has 0 radical (unpaired) electrons. The van der Waals surface area contributed by atoms with Gasteiger partial charge in [0.2, 0.25) is 11.8 Å². The summed E-state index contributed by atoms with van der Waals surface area (Å²) in [6.07, 6.45) is 0.698. The van der Waals surface area contributed by atoms with Crippen molar-refractivity contribution in [2.24, 2.45) is 0 Å². The van der Waals surface area contributed by atoms with Crippen molar-refractivity contribution in [3.05, 3.63) is 81.8 Å². The molecule has 28 heavy (non-hydrogen) atoms. The number of thioether (sulfide) groups is 1. The number of aromatic nitrogens is 4. The molecule has 0 fully saturated rings. The maximum Gasteiger partial charge on any atom is 0.262 e. The topological polar surface area (TPSA) is 73.8 Å². The molecular formula is C21H20N4O2S. The van der Waals surface area contributed by atoms with Crippen LogP contribution >= 0.6 is 11.8 Å². The van der Waals surface area contributed by atoms with Gasteiger partial charge in [-0.3, -0.25) is 9.36 Å². The first-order valence-corrected chi connectivity index (χ1v) is 10.1. The van der Waals surface area contributed by atoms with Gasteiger partial charge in [-0.05, 0) is 24.6 Å². The molecule has 4 aromatic rings. The normalized spacial score (nSPS) is 11.2. The fourth-order valence-electron chi connectivity index (χ4n) is 2.89. The number of aryl methyl sites for hydroxylation is 2. The maximum atomic E-state index is 13.1. The minimum Gasteiger partial charge on any atom is -0.424 e. The summed E-state index contributed by atoms with van der Waals surface area (Å²) >= 11 is 1.43. The Balaban J connectivity index is 1.71. The predicted octanol–water partition coefficient (Wildman–Crippen LogP) is 3.99. The van der Waals surface area contributed by atoms with Crippen LogP contribution in [0.5, 0.6) is 0 Å². The molecule has 0 N–H and O–H groups in total. The average Bonchev–Trinajstić information content (AvgIpc) is 3.18. The standard InChI is InChI=1S/C21H20N4O2S/c1-3-18-23-24-19(27-18)13-28-21-22-17-7-5-4-6-16(17)20(26)25(21)12-15-10-8-14(2)9-11-15/h4-11H,3,12-13H2,1-2H3. The van der Waals surface area contributed by atoms with Crippen LogP contribution in [-0.4, -0.2) is 19.7 Å². The predicted molar refractivity (Wildman–Crippen MR) is 110 cm³/mol. The lowest BCUT2D eigenvalue weighted by Crippen LogP contribution is -2.24. The summed E-state index contributed by atoms with van der Waals surface area (Å²) < 4.78 is 7.30. The van der Waals surface area contributed by atoms with E-state index in [1.807, 2.05) is 62.4 Å². The first-order valence-electron chi connectivity index (χ1n) is 9.13. The monoisotopic (exact) mass is 392 g/mol. The second-order valence-corrected chi connectivity index (χ2v) is 7.46. The van der Waals surface area contributed by atoms with Crippen molar-refractivity contribution in [2.75, 3.05) is 0 Å². The van der Waals surface area contributed by atoms with Crippen molar-refractivity contribution >= 4 is 22.7 Å². The Morgan fingerprint density at radius 3 is 2.54 bits per heavy atom. The van der Waals surface area contributed by atoms with E-state index in [4.69, 9.17) is 9.40 Å². The summed E-state index contributed by atoms with van der Waals surface area (Å²) in [5, 5.41) is 9.31. The van der Waals surface area contributed by atoms with Gasteiger partial charge in [-0.15, -0.1) is 10.2 Å². The Morgan fingerprint density at radius 2 is 1.79 bits per heavy atom. The SMILES string of the molecule is CCc1nnc(CSc2nc3ccccc3c(=O)n2Cc2ccc(C)cc2)o1. The molecule has 0 aliphatic heterocycles. The second kappa shape index (κ2) is 7.98. The molecule has 0 amide bonds. The molecule has 0 aliphatic rings. The minimum absolute atomic E-state index is 0.0477. The Bertz CT molecular complexity index is 1170. The van der Waals surface area contributed by atoms with E-state index < -0.39 is 0 Å². The third-order valence-corrected chi connectivity index (χ3v) is 5.38. The van der Waals surface area contributed by atoms with Gasteiger partial charge >= 0.3 is 0 Å². The molecule has 6 nitrogen and oxygen atoms in total.